The summed E-state index contributed by atoms with van der Waals surface area (Å²) in [4.78, 5) is 17.3. The minimum Gasteiger partial charge on any atom is -0.324 e. The highest BCUT2D eigenvalue weighted by atomic mass is 35.5. The van der Waals surface area contributed by atoms with Gasteiger partial charge in [-0.15, -0.1) is 0 Å². The van der Waals surface area contributed by atoms with Crippen LogP contribution >= 0.6 is 11.6 Å². The van der Waals surface area contributed by atoms with Gasteiger partial charge < -0.3 is 5.32 Å². The lowest BCUT2D eigenvalue weighted by molar-refractivity contribution is -0.137. The van der Waals surface area contributed by atoms with Crippen molar-refractivity contribution in [2.75, 3.05) is 5.32 Å². The highest BCUT2D eigenvalue weighted by Gasteiger charge is 2.33. The second-order valence-electron chi connectivity index (χ2n) is 6.67. The van der Waals surface area contributed by atoms with Gasteiger partial charge >= 0.3 is 6.18 Å². The summed E-state index contributed by atoms with van der Waals surface area (Å²) in [5.74, 6) is -0.501. The molecule has 0 spiro atoms. The van der Waals surface area contributed by atoms with Gasteiger partial charge in [0.25, 0.3) is 0 Å². The molecule has 0 aliphatic heterocycles. The van der Waals surface area contributed by atoms with Gasteiger partial charge in [0.2, 0.25) is 5.91 Å². The van der Waals surface area contributed by atoms with E-state index >= 15 is 0 Å². The molecule has 0 aliphatic carbocycles. The zero-order chi connectivity index (χ0) is 21.7. The van der Waals surface area contributed by atoms with Crippen molar-refractivity contribution < 1.29 is 18.0 Å². The molecular weight excluding hydrogens is 415 g/mol. The van der Waals surface area contributed by atoms with Crippen LogP contribution in [0.3, 0.4) is 0 Å². The van der Waals surface area contributed by atoms with Crippen molar-refractivity contribution in [2.24, 2.45) is 0 Å². The Balaban J connectivity index is 1.86. The SMILES string of the molecule is CC(NC(C(=O)Nc1ccc(Cl)c(C(F)(F)F)c1)c1ccccc1)c1ccccn1. The second kappa shape index (κ2) is 9.28. The molecule has 30 heavy (non-hydrogen) atoms. The molecule has 2 atom stereocenters. The quantitative estimate of drug-likeness (QED) is 0.517. The van der Waals surface area contributed by atoms with Gasteiger partial charge in [-0.2, -0.15) is 13.2 Å². The minimum absolute atomic E-state index is 0.00458. The zero-order valence-corrected chi connectivity index (χ0v) is 16.7. The van der Waals surface area contributed by atoms with Crippen LogP contribution in [0.2, 0.25) is 5.02 Å². The molecule has 2 aromatic carbocycles. The Morgan fingerprint density at radius 1 is 1.03 bits per heavy atom. The number of carbonyl (C=O) groups is 1. The number of hydrogen-bond donors (Lipinski definition) is 2. The van der Waals surface area contributed by atoms with Crippen molar-refractivity contribution in [3.05, 3.63) is 94.8 Å². The Bertz CT molecular complexity index is 998. The summed E-state index contributed by atoms with van der Waals surface area (Å²) in [6, 6.07) is 16.6. The summed E-state index contributed by atoms with van der Waals surface area (Å²) in [6.45, 7) is 1.86. The van der Waals surface area contributed by atoms with Crippen molar-refractivity contribution in [2.45, 2.75) is 25.2 Å². The number of alkyl halides is 3. The molecule has 0 saturated heterocycles. The Labute approximate surface area is 177 Å². The molecule has 0 fully saturated rings. The lowest BCUT2D eigenvalue weighted by atomic mass is 10.0. The third-order valence-electron chi connectivity index (χ3n) is 4.48. The number of pyridine rings is 1. The maximum atomic E-state index is 13.1. The van der Waals surface area contributed by atoms with Gasteiger partial charge in [0.15, 0.2) is 0 Å². The van der Waals surface area contributed by atoms with Crippen molar-refractivity contribution in [3.8, 4) is 0 Å². The average Bonchev–Trinajstić information content (AvgIpc) is 2.73. The summed E-state index contributed by atoms with van der Waals surface area (Å²) < 4.78 is 39.4. The lowest BCUT2D eigenvalue weighted by Crippen LogP contribution is -2.35. The van der Waals surface area contributed by atoms with Crippen LogP contribution in [0, 0.1) is 0 Å². The first-order valence-corrected chi connectivity index (χ1v) is 9.53. The first-order valence-electron chi connectivity index (χ1n) is 9.15. The monoisotopic (exact) mass is 433 g/mol. The number of amides is 1. The Morgan fingerprint density at radius 3 is 2.37 bits per heavy atom. The number of nitrogens with one attached hydrogen (secondary N) is 2. The normalized spacial score (nSPS) is 13.5. The molecule has 3 rings (SSSR count). The molecule has 3 aromatic rings. The molecule has 1 amide bonds. The van der Waals surface area contributed by atoms with Crippen LogP contribution in [0.25, 0.3) is 0 Å². The van der Waals surface area contributed by atoms with Gasteiger partial charge in [-0.3, -0.25) is 15.1 Å². The Hall–Kier alpha value is -2.90. The van der Waals surface area contributed by atoms with Gasteiger partial charge in [-0.05, 0) is 42.8 Å². The first-order chi connectivity index (χ1) is 14.3. The third-order valence-corrected chi connectivity index (χ3v) is 4.81. The smallest absolute Gasteiger partial charge is 0.324 e. The number of benzene rings is 2. The Morgan fingerprint density at radius 2 is 1.73 bits per heavy atom. The summed E-state index contributed by atoms with van der Waals surface area (Å²) in [5.41, 5.74) is 0.401. The van der Waals surface area contributed by atoms with E-state index < -0.39 is 28.7 Å². The van der Waals surface area contributed by atoms with Crippen molar-refractivity contribution in [1.82, 2.24) is 10.3 Å². The first kappa shape index (κ1) is 21.8. The molecule has 8 heteroatoms. The molecule has 0 aliphatic rings. The van der Waals surface area contributed by atoms with E-state index in [1.165, 1.54) is 6.07 Å². The van der Waals surface area contributed by atoms with Crippen LogP contribution in [-0.4, -0.2) is 10.9 Å². The van der Waals surface area contributed by atoms with Crippen molar-refractivity contribution in [3.63, 3.8) is 0 Å². The van der Waals surface area contributed by atoms with Crippen LogP contribution in [-0.2, 0) is 11.0 Å². The van der Waals surface area contributed by atoms with Gasteiger partial charge in [-0.25, -0.2) is 0 Å². The van der Waals surface area contributed by atoms with Gasteiger partial charge in [0, 0.05) is 17.9 Å². The van der Waals surface area contributed by atoms with Crippen LogP contribution < -0.4 is 10.6 Å². The fourth-order valence-corrected chi connectivity index (χ4v) is 3.20. The summed E-state index contributed by atoms with van der Waals surface area (Å²) in [7, 11) is 0. The van der Waals surface area contributed by atoms with E-state index in [4.69, 9.17) is 11.6 Å². The van der Waals surface area contributed by atoms with E-state index in [2.05, 4.69) is 15.6 Å². The zero-order valence-electron chi connectivity index (χ0n) is 16.0. The van der Waals surface area contributed by atoms with Crippen molar-refractivity contribution >= 4 is 23.2 Å². The maximum absolute atomic E-state index is 13.1. The molecule has 2 N–H and O–H groups in total. The molecule has 0 bridgehead atoms. The Kier molecular flexibility index (Phi) is 6.74. The molecule has 2 unspecified atom stereocenters. The number of aromatic nitrogens is 1. The number of rotatable bonds is 6. The van der Waals surface area contributed by atoms with Crippen molar-refractivity contribution in [1.29, 1.82) is 0 Å². The molecular formula is C22H19ClF3N3O. The van der Waals surface area contributed by atoms with E-state index in [1.54, 1.807) is 36.5 Å². The van der Waals surface area contributed by atoms with E-state index in [9.17, 15) is 18.0 Å². The minimum atomic E-state index is -4.62. The number of hydrogen-bond acceptors (Lipinski definition) is 3. The second-order valence-corrected chi connectivity index (χ2v) is 7.08. The highest BCUT2D eigenvalue weighted by molar-refractivity contribution is 6.31. The van der Waals surface area contributed by atoms with Gasteiger partial charge in [0.05, 0.1) is 16.3 Å². The topological polar surface area (TPSA) is 54.0 Å². The van der Waals surface area contributed by atoms with E-state index in [0.29, 0.717) is 5.56 Å². The van der Waals surface area contributed by atoms with Crippen LogP contribution in [0.1, 0.15) is 35.8 Å². The van der Waals surface area contributed by atoms with Crippen LogP contribution in [0.5, 0.6) is 0 Å². The van der Waals surface area contributed by atoms with Crippen LogP contribution in [0.4, 0.5) is 18.9 Å². The highest BCUT2D eigenvalue weighted by Crippen LogP contribution is 2.36. The van der Waals surface area contributed by atoms with Crippen LogP contribution in [0.15, 0.2) is 72.9 Å². The number of nitrogens with zero attached hydrogens (tertiary/aromatic N) is 1. The predicted octanol–water partition coefficient (Wildman–Crippen LogP) is 5.78. The molecule has 0 saturated carbocycles. The van der Waals surface area contributed by atoms with E-state index in [-0.39, 0.29) is 11.7 Å². The van der Waals surface area contributed by atoms with E-state index in [0.717, 1.165) is 17.8 Å². The summed E-state index contributed by atoms with van der Waals surface area (Å²) in [5, 5.41) is 5.33. The lowest BCUT2D eigenvalue weighted by Gasteiger charge is -2.23. The number of halogens is 4. The van der Waals surface area contributed by atoms with E-state index in [1.807, 2.05) is 25.1 Å². The molecule has 4 nitrogen and oxygen atoms in total. The maximum Gasteiger partial charge on any atom is 0.417 e. The standard InChI is InChI=1S/C22H19ClF3N3O/c1-14(19-9-5-6-12-27-19)28-20(15-7-3-2-4-8-15)21(30)29-16-10-11-18(23)17(13-16)22(24,25)26/h2-14,20,28H,1H3,(H,29,30). The number of carbonyl (C=O) groups excluding carboxylic acids is 1. The van der Waals surface area contributed by atoms with Gasteiger partial charge in [0.1, 0.15) is 6.04 Å². The molecule has 1 heterocycles. The summed E-state index contributed by atoms with van der Waals surface area (Å²) in [6.07, 6.45) is -2.97. The number of anilines is 1. The molecule has 156 valence electrons. The average molecular weight is 434 g/mol. The predicted molar refractivity (Wildman–Crippen MR) is 110 cm³/mol. The summed E-state index contributed by atoms with van der Waals surface area (Å²) >= 11 is 5.66. The van der Waals surface area contributed by atoms with Gasteiger partial charge in [-0.1, -0.05) is 48.0 Å². The molecule has 1 aromatic heterocycles. The fourth-order valence-electron chi connectivity index (χ4n) is 2.97. The fraction of sp³-hybridized carbons (Fsp3) is 0.182. The third kappa shape index (κ3) is 5.37. The largest absolute Gasteiger partial charge is 0.417 e. The molecule has 0 radical (unpaired) electrons.